The van der Waals surface area contributed by atoms with Crippen LogP contribution in [0.25, 0.3) is 0 Å². The molecule has 0 spiro atoms. The highest BCUT2D eigenvalue weighted by Gasteiger charge is 2.21. The van der Waals surface area contributed by atoms with Gasteiger partial charge in [-0.05, 0) is 37.0 Å². The fraction of sp³-hybridized carbons (Fsp3) is 0.364. The topological polar surface area (TPSA) is 26.3 Å². The summed E-state index contributed by atoms with van der Waals surface area (Å²) in [6.07, 6.45) is 3.38. The van der Waals surface area contributed by atoms with Gasteiger partial charge in [0.15, 0.2) is 6.29 Å². The lowest BCUT2D eigenvalue weighted by Crippen LogP contribution is -1.99. The van der Waals surface area contributed by atoms with Gasteiger partial charge in [-0.3, -0.25) is 4.79 Å². The maximum absolute atomic E-state index is 10.6. The van der Waals surface area contributed by atoms with Crippen molar-refractivity contribution >= 4 is 22.2 Å². The standard InChI is InChI=1S/C11H11BrO2/c12-11-4-3-10(5-9(11)6-13)14-7-8-1-2-8/h3-6,8H,1-2,7H2. The summed E-state index contributed by atoms with van der Waals surface area (Å²) in [5, 5.41) is 0. The van der Waals surface area contributed by atoms with E-state index in [2.05, 4.69) is 15.9 Å². The number of ether oxygens (including phenoxy) is 1. The van der Waals surface area contributed by atoms with Gasteiger partial charge in [-0.2, -0.15) is 0 Å². The van der Waals surface area contributed by atoms with Crippen LogP contribution in [0, 0.1) is 5.92 Å². The van der Waals surface area contributed by atoms with Gasteiger partial charge in [0.25, 0.3) is 0 Å². The third-order valence-corrected chi connectivity index (χ3v) is 3.00. The highest BCUT2D eigenvalue weighted by molar-refractivity contribution is 9.10. The number of aldehydes is 1. The molecule has 1 fully saturated rings. The van der Waals surface area contributed by atoms with E-state index in [1.165, 1.54) is 12.8 Å². The van der Waals surface area contributed by atoms with Crippen LogP contribution in [-0.4, -0.2) is 12.9 Å². The lowest BCUT2D eigenvalue weighted by molar-refractivity contribution is 0.112. The molecule has 1 aliphatic rings. The van der Waals surface area contributed by atoms with Crippen molar-refractivity contribution in [3.05, 3.63) is 28.2 Å². The van der Waals surface area contributed by atoms with Gasteiger partial charge in [0.1, 0.15) is 5.75 Å². The van der Waals surface area contributed by atoms with Crippen LogP contribution in [0.2, 0.25) is 0 Å². The second kappa shape index (κ2) is 4.13. The molecule has 0 N–H and O–H groups in total. The Morgan fingerprint density at radius 2 is 2.29 bits per heavy atom. The van der Waals surface area contributed by atoms with Crippen molar-refractivity contribution in [3.63, 3.8) is 0 Å². The van der Waals surface area contributed by atoms with E-state index in [1.54, 1.807) is 6.07 Å². The first-order chi connectivity index (χ1) is 6.79. The van der Waals surface area contributed by atoms with Crippen molar-refractivity contribution in [2.75, 3.05) is 6.61 Å². The van der Waals surface area contributed by atoms with Crippen LogP contribution in [0.4, 0.5) is 0 Å². The zero-order chi connectivity index (χ0) is 9.97. The molecule has 0 radical (unpaired) electrons. The van der Waals surface area contributed by atoms with Gasteiger partial charge >= 0.3 is 0 Å². The van der Waals surface area contributed by atoms with E-state index in [0.717, 1.165) is 29.0 Å². The predicted octanol–water partition coefficient (Wildman–Crippen LogP) is 3.05. The first-order valence-electron chi connectivity index (χ1n) is 4.67. The largest absolute Gasteiger partial charge is 0.493 e. The minimum absolute atomic E-state index is 0.637. The molecule has 0 bridgehead atoms. The van der Waals surface area contributed by atoms with Crippen LogP contribution in [-0.2, 0) is 0 Å². The Kier molecular flexibility index (Phi) is 2.87. The van der Waals surface area contributed by atoms with Gasteiger partial charge in [0.2, 0.25) is 0 Å². The fourth-order valence-electron chi connectivity index (χ4n) is 1.20. The molecule has 0 amide bonds. The molecule has 74 valence electrons. The summed E-state index contributed by atoms with van der Waals surface area (Å²) in [5.74, 6) is 1.51. The van der Waals surface area contributed by atoms with Crippen molar-refractivity contribution < 1.29 is 9.53 Å². The van der Waals surface area contributed by atoms with Gasteiger partial charge < -0.3 is 4.74 Å². The predicted molar refractivity (Wildman–Crippen MR) is 57.7 cm³/mol. The van der Waals surface area contributed by atoms with E-state index in [1.807, 2.05) is 12.1 Å². The molecule has 1 aliphatic carbocycles. The smallest absolute Gasteiger partial charge is 0.151 e. The minimum atomic E-state index is 0.637. The van der Waals surface area contributed by atoms with Crippen LogP contribution in [0.5, 0.6) is 5.75 Å². The fourth-order valence-corrected chi connectivity index (χ4v) is 1.54. The second-order valence-electron chi connectivity index (χ2n) is 3.56. The number of carbonyl (C=O) groups excluding carboxylic acids is 1. The molecule has 3 heteroatoms. The maximum Gasteiger partial charge on any atom is 0.151 e. The van der Waals surface area contributed by atoms with E-state index in [4.69, 9.17) is 4.74 Å². The van der Waals surface area contributed by atoms with E-state index >= 15 is 0 Å². The highest BCUT2D eigenvalue weighted by atomic mass is 79.9. The zero-order valence-electron chi connectivity index (χ0n) is 7.70. The molecule has 0 heterocycles. The Morgan fingerprint density at radius 1 is 1.50 bits per heavy atom. The summed E-state index contributed by atoms with van der Waals surface area (Å²) in [6.45, 7) is 0.778. The molecule has 2 nitrogen and oxygen atoms in total. The normalized spacial score (nSPS) is 15.2. The molecule has 1 aromatic rings. The van der Waals surface area contributed by atoms with Gasteiger partial charge in [-0.15, -0.1) is 0 Å². The number of hydrogen-bond acceptors (Lipinski definition) is 2. The molecular formula is C11H11BrO2. The zero-order valence-corrected chi connectivity index (χ0v) is 9.29. The summed E-state index contributed by atoms with van der Waals surface area (Å²) in [6, 6.07) is 5.48. The summed E-state index contributed by atoms with van der Waals surface area (Å²) >= 11 is 3.30. The Hall–Kier alpha value is -0.830. The number of carbonyl (C=O) groups is 1. The minimum Gasteiger partial charge on any atom is -0.493 e. The molecule has 0 saturated heterocycles. The molecule has 0 unspecified atom stereocenters. The van der Waals surface area contributed by atoms with Crippen molar-refractivity contribution in [2.45, 2.75) is 12.8 Å². The maximum atomic E-state index is 10.6. The van der Waals surface area contributed by atoms with Crippen molar-refractivity contribution in [1.29, 1.82) is 0 Å². The Bertz CT molecular complexity index is 345. The van der Waals surface area contributed by atoms with Crippen LogP contribution in [0.15, 0.2) is 22.7 Å². The van der Waals surface area contributed by atoms with Crippen molar-refractivity contribution in [2.24, 2.45) is 5.92 Å². The summed E-state index contributed by atoms with van der Waals surface area (Å²) in [5.41, 5.74) is 0.637. The van der Waals surface area contributed by atoms with Crippen molar-refractivity contribution in [1.82, 2.24) is 0 Å². The monoisotopic (exact) mass is 254 g/mol. The molecule has 1 aromatic carbocycles. The van der Waals surface area contributed by atoms with Crippen LogP contribution in [0.1, 0.15) is 23.2 Å². The Balaban J connectivity index is 2.05. The van der Waals surface area contributed by atoms with E-state index in [9.17, 15) is 4.79 Å². The Morgan fingerprint density at radius 3 is 2.93 bits per heavy atom. The first kappa shape index (κ1) is 9.71. The van der Waals surface area contributed by atoms with E-state index in [0.29, 0.717) is 5.56 Å². The lowest BCUT2D eigenvalue weighted by atomic mass is 10.2. The van der Waals surface area contributed by atoms with E-state index < -0.39 is 0 Å². The molecule has 1 saturated carbocycles. The number of hydrogen-bond donors (Lipinski definition) is 0. The lowest BCUT2D eigenvalue weighted by Gasteiger charge is -2.05. The summed E-state index contributed by atoms with van der Waals surface area (Å²) in [7, 11) is 0. The molecule has 14 heavy (non-hydrogen) atoms. The quantitative estimate of drug-likeness (QED) is 0.773. The van der Waals surface area contributed by atoms with Crippen LogP contribution >= 0.6 is 15.9 Å². The molecule has 0 aromatic heterocycles. The number of halogens is 1. The van der Waals surface area contributed by atoms with Gasteiger partial charge in [-0.1, -0.05) is 15.9 Å². The van der Waals surface area contributed by atoms with E-state index in [-0.39, 0.29) is 0 Å². The second-order valence-corrected chi connectivity index (χ2v) is 4.41. The molecule has 2 rings (SSSR count). The van der Waals surface area contributed by atoms with Gasteiger partial charge in [-0.25, -0.2) is 0 Å². The SMILES string of the molecule is O=Cc1cc(OCC2CC2)ccc1Br. The van der Waals surface area contributed by atoms with Crippen LogP contribution in [0.3, 0.4) is 0 Å². The number of rotatable bonds is 4. The Labute approximate surface area is 91.4 Å². The summed E-state index contributed by atoms with van der Waals surface area (Å²) in [4.78, 5) is 10.6. The average Bonchev–Trinajstić information content (AvgIpc) is 3.00. The highest BCUT2D eigenvalue weighted by Crippen LogP contribution is 2.30. The summed E-state index contributed by atoms with van der Waals surface area (Å²) < 4.78 is 6.36. The number of benzene rings is 1. The molecule has 0 aliphatic heterocycles. The average molecular weight is 255 g/mol. The molecule has 0 atom stereocenters. The third-order valence-electron chi connectivity index (χ3n) is 2.28. The van der Waals surface area contributed by atoms with Gasteiger partial charge in [0.05, 0.1) is 6.61 Å². The van der Waals surface area contributed by atoms with Crippen LogP contribution < -0.4 is 4.74 Å². The third kappa shape index (κ3) is 2.35. The van der Waals surface area contributed by atoms with Crippen molar-refractivity contribution in [3.8, 4) is 5.75 Å². The van der Waals surface area contributed by atoms with Gasteiger partial charge in [0, 0.05) is 10.0 Å². The first-order valence-corrected chi connectivity index (χ1v) is 5.46. The molecular weight excluding hydrogens is 244 g/mol.